The molecule has 0 saturated carbocycles. The molecule has 0 aromatic carbocycles. The lowest BCUT2D eigenvalue weighted by molar-refractivity contribution is 0.323. The molecule has 0 aromatic heterocycles. The minimum atomic E-state index is 0.755. The average Bonchev–Trinajstić information content (AvgIpc) is 1.99. The van der Waals surface area contributed by atoms with Crippen molar-refractivity contribution in [2.24, 2.45) is 10.1 Å². The summed E-state index contributed by atoms with van der Waals surface area (Å²) in [6.07, 6.45) is 0. The van der Waals surface area contributed by atoms with Crippen molar-refractivity contribution in [3.63, 3.8) is 0 Å². The van der Waals surface area contributed by atoms with Crippen molar-refractivity contribution in [1.29, 1.82) is 0 Å². The van der Waals surface area contributed by atoms with Gasteiger partial charge in [-0.25, -0.2) is 4.99 Å². The number of rotatable bonds is 4. The van der Waals surface area contributed by atoms with Crippen molar-refractivity contribution < 1.29 is 0 Å². The first-order valence-electron chi connectivity index (χ1n) is 3.72. The lowest BCUT2D eigenvalue weighted by Gasteiger charge is -2.09. The number of hydrazone groups is 1. The summed E-state index contributed by atoms with van der Waals surface area (Å²) < 4.78 is 0. The van der Waals surface area contributed by atoms with E-state index in [-0.39, 0.29) is 0 Å². The van der Waals surface area contributed by atoms with Crippen LogP contribution >= 0.6 is 0 Å². The summed E-state index contributed by atoms with van der Waals surface area (Å²) in [7, 11) is 0. The van der Waals surface area contributed by atoms with Crippen LogP contribution in [-0.2, 0) is 0 Å². The smallest absolute Gasteiger partial charge is 0.114 e. The Bertz CT molecular complexity index is 121. The van der Waals surface area contributed by atoms with E-state index in [9.17, 15) is 0 Å². The molecule has 0 amide bonds. The van der Waals surface area contributed by atoms with E-state index in [0.717, 1.165) is 19.6 Å². The molecule has 0 aliphatic heterocycles. The Hall–Kier alpha value is -0.820. The summed E-state index contributed by atoms with van der Waals surface area (Å²) in [4.78, 5) is 3.85. The molecular weight excluding hydrogens is 126 g/mol. The Kier molecular flexibility index (Phi) is 5.79. The molecule has 0 saturated heterocycles. The quantitative estimate of drug-likeness (QED) is 0.430. The molecule has 0 N–H and O–H groups in total. The fourth-order valence-corrected chi connectivity index (χ4v) is 0.531. The fraction of sp³-hybridized carbons (Fsp3) is 0.857. The van der Waals surface area contributed by atoms with Gasteiger partial charge in [-0.15, -0.1) is 5.10 Å². The molecule has 0 atom stereocenters. The molecule has 0 fully saturated rings. The number of hydrogen-bond donors (Lipinski definition) is 0. The lowest BCUT2D eigenvalue weighted by atomic mass is 10.6. The normalized spacial score (nSPS) is 8.30. The summed E-state index contributed by atoms with van der Waals surface area (Å²) in [5.74, 6) is 0. The van der Waals surface area contributed by atoms with E-state index in [0.29, 0.717) is 0 Å². The molecule has 0 unspecified atom stereocenters. The Morgan fingerprint density at radius 3 is 2.20 bits per heavy atom. The van der Waals surface area contributed by atoms with Crippen LogP contribution in [-0.4, -0.2) is 30.7 Å². The van der Waals surface area contributed by atoms with Gasteiger partial charge >= 0.3 is 0 Å². The highest BCUT2D eigenvalue weighted by atomic mass is 15.4. The van der Waals surface area contributed by atoms with Gasteiger partial charge in [0, 0.05) is 19.6 Å². The third-order valence-corrected chi connectivity index (χ3v) is 1.15. The van der Waals surface area contributed by atoms with E-state index in [1.165, 1.54) is 0 Å². The molecule has 58 valence electrons. The van der Waals surface area contributed by atoms with Crippen LogP contribution < -0.4 is 0 Å². The van der Waals surface area contributed by atoms with Gasteiger partial charge in [0.1, 0.15) is 6.01 Å². The van der Waals surface area contributed by atoms with Crippen LogP contribution in [0.3, 0.4) is 0 Å². The predicted octanol–water partition coefficient (Wildman–Crippen LogP) is 1.44. The van der Waals surface area contributed by atoms with E-state index in [4.69, 9.17) is 0 Å². The maximum Gasteiger partial charge on any atom is 0.114 e. The van der Waals surface area contributed by atoms with Crippen LogP contribution in [0.25, 0.3) is 0 Å². The summed E-state index contributed by atoms with van der Waals surface area (Å²) in [6.45, 7) is 8.67. The highest BCUT2D eigenvalue weighted by Crippen LogP contribution is 1.83. The molecule has 3 nitrogen and oxygen atoms in total. The minimum Gasteiger partial charge on any atom is -0.288 e. The molecule has 0 heterocycles. The topological polar surface area (TPSA) is 28.0 Å². The van der Waals surface area contributed by atoms with Crippen molar-refractivity contribution >= 4 is 6.01 Å². The first-order chi connectivity index (χ1) is 4.85. The van der Waals surface area contributed by atoms with Crippen LogP contribution in [0.2, 0.25) is 0 Å². The van der Waals surface area contributed by atoms with Crippen LogP contribution in [0.1, 0.15) is 20.8 Å². The second-order valence-electron chi connectivity index (χ2n) is 1.81. The highest BCUT2D eigenvalue weighted by Gasteiger charge is 1.87. The zero-order chi connectivity index (χ0) is 7.82. The number of nitrogens with zero attached hydrogens (tertiary/aromatic N) is 3. The molecule has 0 spiro atoms. The first-order valence-corrected chi connectivity index (χ1v) is 3.72. The van der Waals surface area contributed by atoms with Crippen LogP contribution in [0.15, 0.2) is 10.1 Å². The van der Waals surface area contributed by atoms with E-state index >= 15 is 0 Å². The number of hydrogen-bond acceptors (Lipinski definition) is 3. The summed E-state index contributed by atoms with van der Waals surface area (Å²) in [6, 6.07) is 2.61. The van der Waals surface area contributed by atoms with Crippen molar-refractivity contribution in [2.75, 3.05) is 19.6 Å². The summed E-state index contributed by atoms with van der Waals surface area (Å²) in [5.41, 5.74) is 0. The van der Waals surface area contributed by atoms with Crippen LogP contribution in [0.5, 0.6) is 0 Å². The van der Waals surface area contributed by atoms with Crippen LogP contribution in [0.4, 0.5) is 0 Å². The van der Waals surface area contributed by atoms with Gasteiger partial charge in [0.2, 0.25) is 0 Å². The molecule has 0 rings (SSSR count). The van der Waals surface area contributed by atoms with Crippen molar-refractivity contribution in [3.05, 3.63) is 0 Å². The van der Waals surface area contributed by atoms with Gasteiger partial charge < -0.3 is 0 Å². The molecular formula is C7H15N3. The highest BCUT2D eigenvalue weighted by molar-refractivity contribution is 5.40. The van der Waals surface area contributed by atoms with E-state index in [1.54, 1.807) is 0 Å². The summed E-state index contributed by atoms with van der Waals surface area (Å²) in [5, 5.41) is 5.87. The Morgan fingerprint density at radius 1 is 1.20 bits per heavy atom. The van der Waals surface area contributed by atoms with Gasteiger partial charge in [0.05, 0.1) is 0 Å². The van der Waals surface area contributed by atoms with E-state index < -0.39 is 0 Å². The monoisotopic (exact) mass is 141 g/mol. The maximum absolute atomic E-state index is 3.97. The average molecular weight is 141 g/mol. The maximum atomic E-state index is 3.97. The minimum absolute atomic E-state index is 0.755. The van der Waals surface area contributed by atoms with Crippen molar-refractivity contribution in [2.45, 2.75) is 20.8 Å². The van der Waals surface area contributed by atoms with E-state index in [1.807, 2.05) is 11.9 Å². The Labute approximate surface area is 62.4 Å². The number of aliphatic imine (C=N–C) groups is 1. The first kappa shape index (κ1) is 9.18. The van der Waals surface area contributed by atoms with Gasteiger partial charge in [-0.3, -0.25) is 5.01 Å². The third kappa shape index (κ3) is 4.10. The van der Waals surface area contributed by atoms with Crippen molar-refractivity contribution in [1.82, 2.24) is 5.01 Å². The molecule has 10 heavy (non-hydrogen) atoms. The molecule has 0 radical (unpaired) electrons. The molecule has 0 aromatic rings. The lowest BCUT2D eigenvalue weighted by Crippen LogP contribution is -2.14. The predicted molar refractivity (Wildman–Crippen MR) is 43.3 cm³/mol. The van der Waals surface area contributed by atoms with Gasteiger partial charge in [-0.1, -0.05) is 0 Å². The van der Waals surface area contributed by atoms with E-state index in [2.05, 4.69) is 29.9 Å². The zero-order valence-corrected chi connectivity index (χ0v) is 6.96. The van der Waals surface area contributed by atoms with Gasteiger partial charge in [-0.2, -0.15) is 0 Å². The second-order valence-corrected chi connectivity index (χ2v) is 1.81. The molecule has 3 heteroatoms. The van der Waals surface area contributed by atoms with Gasteiger partial charge in [-0.05, 0) is 20.8 Å². The second kappa shape index (κ2) is 6.30. The molecule has 0 bridgehead atoms. The zero-order valence-electron chi connectivity index (χ0n) is 6.96. The SMILES string of the molecule is CCN=C=NN(CC)CC. The molecule has 0 aliphatic rings. The van der Waals surface area contributed by atoms with Crippen molar-refractivity contribution in [3.8, 4) is 0 Å². The summed E-state index contributed by atoms with van der Waals surface area (Å²) >= 11 is 0. The Balaban J connectivity index is 3.71. The fourth-order valence-electron chi connectivity index (χ4n) is 0.531. The van der Waals surface area contributed by atoms with Gasteiger partial charge in [0.15, 0.2) is 0 Å². The Morgan fingerprint density at radius 2 is 1.80 bits per heavy atom. The van der Waals surface area contributed by atoms with Crippen LogP contribution in [0, 0.1) is 0 Å². The standard InChI is InChI=1S/C7H15N3/c1-4-8-7-9-10(5-2)6-3/h4-6H2,1-3H3. The molecule has 0 aliphatic carbocycles. The largest absolute Gasteiger partial charge is 0.288 e. The van der Waals surface area contributed by atoms with Gasteiger partial charge in [0.25, 0.3) is 0 Å². The third-order valence-electron chi connectivity index (χ3n) is 1.15.